The van der Waals surface area contributed by atoms with E-state index in [0.29, 0.717) is 44.3 Å². The molecule has 0 spiro atoms. The molecule has 1 atom stereocenters. The SMILES string of the molecule is CCOc1cc(C=c2sc3n(c2=O)C(c2ccc(SC)cc2)C(C(=O)OCc2ccccc2)=C(C)N=3)ccc1OC(C)=O. The van der Waals surface area contributed by atoms with Crippen LogP contribution >= 0.6 is 23.1 Å². The number of fused-ring (bicyclic) bond motifs is 1. The Labute approximate surface area is 257 Å². The second-order valence-electron chi connectivity index (χ2n) is 9.65. The monoisotopic (exact) mass is 614 g/mol. The van der Waals surface area contributed by atoms with E-state index in [4.69, 9.17) is 14.2 Å². The maximum atomic E-state index is 14.0. The number of hydrogen-bond acceptors (Lipinski definition) is 9. The molecule has 10 heteroatoms. The molecule has 0 amide bonds. The van der Waals surface area contributed by atoms with Gasteiger partial charge in [0, 0.05) is 11.8 Å². The summed E-state index contributed by atoms with van der Waals surface area (Å²) in [6.07, 6.45) is 3.73. The summed E-state index contributed by atoms with van der Waals surface area (Å²) < 4.78 is 18.7. The van der Waals surface area contributed by atoms with Gasteiger partial charge < -0.3 is 14.2 Å². The minimum atomic E-state index is -0.720. The predicted molar refractivity (Wildman–Crippen MR) is 167 cm³/mol. The first-order valence-corrected chi connectivity index (χ1v) is 15.7. The lowest BCUT2D eigenvalue weighted by atomic mass is 9.96. The first-order chi connectivity index (χ1) is 20.8. The highest BCUT2D eigenvalue weighted by atomic mass is 32.2. The van der Waals surface area contributed by atoms with Crippen molar-refractivity contribution in [2.75, 3.05) is 12.9 Å². The van der Waals surface area contributed by atoms with E-state index in [9.17, 15) is 14.4 Å². The van der Waals surface area contributed by atoms with E-state index >= 15 is 0 Å². The molecule has 220 valence electrons. The zero-order chi connectivity index (χ0) is 30.5. The molecule has 0 aliphatic carbocycles. The summed E-state index contributed by atoms with van der Waals surface area (Å²) >= 11 is 2.85. The second-order valence-corrected chi connectivity index (χ2v) is 11.5. The predicted octanol–water partition coefficient (Wildman–Crippen LogP) is 5.02. The second kappa shape index (κ2) is 13.3. The number of rotatable bonds is 9. The van der Waals surface area contributed by atoms with Crippen LogP contribution in [-0.2, 0) is 20.9 Å². The number of aromatic nitrogens is 1. The molecule has 2 heterocycles. The van der Waals surface area contributed by atoms with Crippen molar-refractivity contribution in [3.63, 3.8) is 0 Å². The molecular weight excluding hydrogens is 585 g/mol. The number of carbonyl (C=O) groups excluding carboxylic acids is 2. The normalized spacial score (nSPS) is 14.6. The van der Waals surface area contributed by atoms with Gasteiger partial charge in [0.1, 0.15) is 6.61 Å². The fraction of sp³-hybridized carbons (Fsp3) is 0.212. The molecule has 1 unspecified atom stereocenters. The van der Waals surface area contributed by atoms with E-state index in [1.54, 1.807) is 47.5 Å². The Morgan fingerprint density at radius 3 is 2.47 bits per heavy atom. The highest BCUT2D eigenvalue weighted by molar-refractivity contribution is 7.98. The van der Waals surface area contributed by atoms with Gasteiger partial charge in [-0.1, -0.05) is 59.9 Å². The van der Waals surface area contributed by atoms with Crippen LogP contribution in [0.15, 0.2) is 98.7 Å². The average Bonchev–Trinajstić information content (AvgIpc) is 3.30. The largest absolute Gasteiger partial charge is 0.490 e. The van der Waals surface area contributed by atoms with Crippen molar-refractivity contribution in [3.05, 3.63) is 120 Å². The molecule has 0 fully saturated rings. The van der Waals surface area contributed by atoms with Crippen LogP contribution in [0, 0.1) is 0 Å². The van der Waals surface area contributed by atoms with Crippen molar-refractivity contribution in [2.45, 2.75) is 38.3 Å². The topological polar surface area (TPSA) is 96.2 Å². The van der Waals surface area contributed by atoms with Gasteiger partial charge in [-0.15, -0.1) is 11.8 Å². The van der Waals surface area contributed by atoms with Crippen LogP contribution in [0.2, 0.25) is 0 Å². The van der Waals surface area contributed by atoms with Gasteiger partial charge in [0.25, 0.3) is 5.56 Å². The summed E-state index contributed by atoms with van der Waals surface area (Å²) in [5.41, 5.74) is 2.84. The molecule has 0 radical (unpaired) electrons. The first-order valence-electron chi connectivity index (χ1n) is 13.6. The van der Waals surface area contributed by atoms with Crippen molar-refractivity contribution >= 4 is 41.1 Å². The van der Waals surface area contributed by atoms with E-state index in [-0.39, 0.29) is 12.2 Å². The van der Waals surface area contributed by atoms with Crippen molar-refractivity contribution in [3.8, 4) is 11.5 Å². The van der Waals surface area contributed by atoms with Gasteiger partial charge in [-0.3, -0.25) is 14.2 Å². The van der Waals surface area contributed by atoms with Crippen molar-refractivity contribution in [1.82, 2.24) is 4.57 Å². The number of thiazole rings is 1. The molecule has 1 aliphatic heterocycles. The number of carbonyl (C=O) groups is 2. The van der Waals surface area contributed by atoms with E-state index < -0.39 is 18.0 Å². The van der Waals surface area contributed by atoms with Crippen LogP contribution in [0.3, 0.4) is 0 Å². The summed E-state index contributed by atoms with van der Waals surface area (Å²) in [6, 6.07) is 21.6. The van der Waals surface area contributed by atoms with Gasteiger partial charge in [0.2, 0.25) is 0 Å². The van der Waals surface area contributed by atoms with Crippen molar-refractivity contribution < 1.29 is 23.8 Å². The molecule has 0 N–H and O–H groups in total. The number of nitrogens with zero attached hydrogens (tertiary/aromatic N) is 2. The lowest BCUT2D eigenvalue weighted by Gasteiger charge is -2.25. The van der Waals surface area contributed by atoms with Gasteiger partial charge >= 0.3 is 11.9 Å². The third-order valence-corrected chi connectivity index (χ3v) is 8.43. The number of esters is 2. The molecule has 0 bridgehead atoms. The Hall–Kier alpha value is -4.41. The van der Waals surface area contributed by atoms with E-state index in [2.05, 4.69) is 4.99 Å². The molecule has 8 nitrogen and oxygen atoms in total. The summed E-state index contributed by atoms with van der Waals surface area (Å²) in [7, 11) is 0. The van der Waals surface area contributed by atoms with E-state index in [0.717, 1.165) is 16.0 Å². The van der Waals surface area contributed by atoms with Crippen molar-refractivity contribution in [2.24, 2.45) is 4.99 Å². The lowest BCUT2D eigenvalue weighted by Crippen LogP contribution is -2.39. The average molecular weight is 615 g/mol. The van der Waals surface area contributed by atoms with Crippen LogP contribution in [0.5, 0.6) is 11.5 Å². The minimum absolute atomic E-state index is 0.102. The van der Waals surface area contributed by atoms with E-state index in [1.165, 1.54) is 18.3 Å². The van der Waals surface area contributed by atoms with Crippen LogP contribution in [0.4, 0.5) is 0 Å². The van der Waals surface area contributed by atoms with E-state index in [1.807, 2.05) is 67.8 Å². The van der Waals surface area contributed by atoms with Gasteiger partial charge in [0.15, 0.2) is 16.3 Å². The molecule has 1 aromatic heterocycles. The smallest absolute Gasteiger partial charge is 0.338 e. The Bertz CT molecular complexity index is 1880. The maximum absolute atomic E-state index is 14.0. The lowest BCUT2D eigenvalue weighted by molar-refractivity contribution is -0.141. The molecule has 43 heavy (non-hydrogen) atoms. The summed E-state index contributed by atoms with van der Waals surface area (Å²) in [4.78, 5) is 45.4. The number of hydrogen-bond donors (Lipinski definition) is 0. The van der Waals surface area contributed by atoms with Crippen LogP contribution in [0.25, 0.3) is 6.08 Å². The number of allylic oxidation sites excluding steroid dienone is 1. The molecule has 0 saturated carbocycles. The zero-order valence-corrected chi connectivity index (χ0v) is 25.8. The van der Waals surface area contributed by atoms with Gasteiger partial charge in [-0.05, 0) is 67.1 Å². The Morgan fingerprint density at radius 1 is 1.05 bits per heavy atom. The summed E-state index contributed by atoms with van der Waals surface area (Å²) in [5, 5.41) is 0. The van der Waals surface area contributed by atoms with Crippen LogP contribution in [0.1, 0.15) is 43.5 Å². The standard InChI is InChI=1S/C33H30N2O6S2/c1-5-39-27-17-23(11-16-26(27)41-21(3)36)18-28-31(37)35-30(24-12-14-25(42-4)15-13-24)29(20(2)34-33(35)43-28)32(38)40-19-22-9-7-6-8-10-22/h6-18,30H,5,19H2,1-4H3. The first kappa shape index (κ1) is 30.1. The quantitative estimate of drug-likeness (QED) is 0.148. The Kier molecular flexibility index (Phi) is 9.27. The number of thioether (sulfide) groups is 1. The maximum Gasteiger partial charge on any atom is 0.338 e. The highest BCUT2D eigenvalue weighted by Gasteiger charge is 2.33. The molecular formula is C33H30N2O6S2. The summed E-state index contributed by atoms with van der Waals surface area (Å²) in [6.45, 7) is 5.39. The fourth-order valence-corrected chi connectivity index (χ4v) is 6.21. The summed E-state index contributed by atoms with van der Waals surface area (Å²) in [5.74, 6) is -0.289. The molecule has 4 aromatic rings. The third-order valence-electron chi connectivity index (χ3n) is 6.70. The minimum Gasteiger partial charge on any atom is -0.490 e. The van der Waals surface area contributed by atoms with Gasteiger partial charge in [-0.2, -0.15) is 0 Å². The number of ether oxygens (including phenoxy) is 3. The van der Waals surface area contributed by atoms with Crippen LogP contribution < -0.4 is 24.4 Å². The third kappa shape index (κ3) is 6.65. The van der Waals surface area contributed by atoms with Crippen LogP contribution in [-0.4, -0.2) is 29.4 Å². The molecule has 0 saturated heterocycles. The van der Waals surface area contributed by atoms with Gasteiger partial charge in [0.05, 0.1) is 28.5 Å². The molecule has 3 aromatic carbocycles. The van der Waals surface area contributed by atoms with Gasteiger partial charge in [-0.25, -0.2) is 9.79 Å². The number of benzene rings is 3. The Morgan fingerprint density at radius 2 is 1.79 bits per heavy atom. The zero-order valence-electron chi connectivity index (χ0n) is 24.2. The highest BCUT2D eigenvalue weighted by Crippen LogP contribution is 2.32. The fourth-order valence-electron chi connectivity index (χ4n) is 4.76. The van der Waals surface area contributed by atoms with Crippen molar-refractivity contribution in [1.29, 1.82) is 0 Å². The molecule has 1 aliphatic rings. The molecule has 5 rings (SSSR count). The Balaban J connectivity index is 1.59.